The van der Waals surface area contributed by atoms with Gasteiger partial charge in [-0.1, -0.05) is 31.2 Å². The van der Waals surface area contributed by atoms with Gasteiger partial charge in [0.1, 0.15) is 5.76 Å². The van der Waals surface area contributed by atoms with E-state index < -0.39 is 0 Å². The molecule has 1 heteroatoms. The van der Waals surface area contributed by atoms with E-state index in [4.69, 9.17) is 5.11 Å². The normalized spacial score (nSPS) is 24.0. The van der Waals surface area contributed by atoms with Crippen LogP contribution in [0.2, 0.25) is 0 Å². The molecule has 0 saturated carbocycles. The van der Waals surface area contributed by atoms with E-state index >= 15 is 0 Å². The van der Waals surface area contributed by atoms with Gasteiger partial charge in [-0.2, -0.15) is 0 Å². The van der Waals surface area contributed by atoms with E-state index in [0.29, 0.717) is 5.92 Å². The lowest BCUT2D eigenvalue weighted by Crippen LogP contribution is -1.89. The van der Waals surface area contributed by atoms with Crippen LogP contribution in [0.15, 0.2) is 35.6 Å². The molecule has 10 heavy (non-hydrogen) atoms. The first-order valence-corrected chi connectivity index (χ1v) is 3.40. The Bertz CT molecular complexity index is 221. The van der Waals surface area contributed by atoms with Crippen LogP contribution in [0, 0.1) is 5.92 Å². The standard InChI is InChI=1S/C9H12O/c1-6-4-5-9(7(6)2)8(3)10/h4-6,10H,3H2,1-2H3/t6-/m1/s1. The summed E-state index contributed by atoms with van der Waals surface area (Å²) < 4.78 is 0. The molecule has 1 rings (SSSR count). The molecular formula is C9H12O. The minimum Gasteiger partial charge on any atom is -0.508 e. The first-order valence-electron chi connectivity index (χ1n) is 3.40. The smallest absolute Gasteiger partial charge is 0.115 e. The molecule has 0 fully saturated rings. The molecule has 0 bridgehead atoms. The van der Waals surface area contributed by atoms with E-state index in [1.165, 1.54) is 5.57 Å². The summed E-state index contributed by atoms with van der Waals surface area (Å²) in [5, 5.41) is 9.04. The maximum absolute atomic E-state index is 9.04. The summed E-state index contributed by atoms with van der Waals surface area (Å²) in [6.45, 7) is 7.58. The molecule has 0 heterocycles. The fourth-order valence-electron chi connectivity index (χ4n) is 1.09. The Hall–Kier alpha value is -0.980. The number of hydrogen-bond donors (Lipinski definition) is 1. The molecule has 0 aromatic rings. The Morgan fingerprint density at radius 1 is 1.70 bits per heavy atom. The van der Waals surface area contributed by atoms with Crippen LogP contribution in [0.1, 0.15) is 13.8 Å². The Morgan fingerprint density at radius 3 is 2.50 bits per heavy atom. The van der Waals surface area contributed by atoms with Gasteiger partial charge >= 0.3 is 0 Å². The van der Waals surface area contributed by atoms with Gasteiger partial charge in [-0.05, 0) is 12.8 Å². The van der Waals surface area contributed by atoms with Crippen LogP contribution in [0.25, 0.3) is 0 Å². The molecular weight excluding hydrogens is 124 g/mol. The third-order valence-electron chi connectivity index (χ3n) is 1.97. The molecule has 0 aromatic carbocycles. The molecule has 1 aliphatic carbocycles. The molecule has 0 aromatic heterocycles. The van der Waals surface area contributed by atoms with Gasteiger partial charge in [-0.25, -0.2) is 0 Å². The van der Waals surface area contributed by atoms with Crippen LogP contribution in [0.5, 0.6) is 0 Å². The van der Waals surface area contributed by atoms with Crippen molar-refractivity contribution in [1.82, 2.24) is 0 Å². The van der Waals surface area contributed by atoms with E-state index in [0.717, 1.165) is 5.57 Å². The van der Waals surface area contributed by atoms with Crippen LogP contribution in [0.3, 0.4) is 0 Å². The maximum atomic E-state index is 9.04. The van der Waals surface area contributed by atoms with Gasteiger partial charge < -0.3 is 5.11 Å². The summed E-state index contributed by atoms with van der Waals surface area (Å²) in [6.07, 6.45) is 3.98. The van der Waals surface area contributed by atoms with Gasteiger partial charge in [0.15, 0.2) is 0 Å². The zero-order valence-corrected chi connectivity index (χ0v) is 6.39. The number of hydrogen-bond acceptors (Lipinski definition) is 1. The van der Waals surface area contributed by atoms with Gasteiger partial charge in [0.05, 0.1) is 0 Å². The zero-order chi connectivity index (χ0) is 7.72. The highest BCUT2D eigenvalue weighted by molar-refractivity contribution is 5.44. The third-order valence-corrected chi connectivity index (χ3v) is 1.97. The van der Waals surface area contributed by atoms with Gasteiger partial charge in [-0.15, -0.1) is 0 Å². The average molecular weight is 136 g/mol. The molecule has 1 N–H and O–H groups in total. The molecule has 1 aliphatic rings. The van der Waals surface area contributed by atoms with E-state index in [-0.39, 0.29) is 5.76 Å². The number of aliphatic hydroxyl groups is 1. The summed E-state index contributed by atoms with van der Waals surface area (Å²) in [4.78, 5) is 0. The van der Waals surface area contributed by atoms with Crippen LogP contribution >= 0.6 is 0 Å². The molecule has 0 radical (unpaired) electrons. The summed E-state index contributed by atoms with van der Waals surface area (Å²) in [7, 11) is 0. The molecule has 54 valence electrons. The molecule has 1 nitrogen and oxygen atoms in total. The zero-order valence-electron chi connectivity index (χ0n) is 6.39. The van der Waals surface area contributed by atoms with Gasteiger partial charge in [0, 0.05) is 5.57 Å². The van der Waals surface area contributed by atoms with Crippen LogP contribution in [-0.2, 0) is 0 Å². The average Bonchev–Trinajstić information content (AvgIpc) is 2.14. The molecule has 0 aliphatic heterocycles. The van der Waals surface area contributed by atoms with Crippen molar-refractivity contribution in [3.05, 3.63) is 35.6 Å². The lowest BCUT2D eigenvalue weighted by molar-refractivity contribution is 0.428. The minimum atomic E-state index is 0.179. The lowest BCUT2D eigenvalue weighted by Gasteiger charge is -2.02. The third kappa shape index (κ3) is 0.991. The topological polar surface area (TPSA) is 20.2 Å². The quantitative estimate of drug-likeness (QED) is 0.549. The Labute approximate surface area is 61.4 Å². The second-order valence-corrected chi connectivity index (χ2v) is 2.69. The van der Waals surface area contributed by atoms with Crippen molar-refractivity contribution in [1.29, 1.82) is 0 Å². The molecule has 0 amide bonds. The molecule has 0 spiro atoms. The van der Waals surface area contributed by atoms with Crippen molar-refractivity contribution < 1.29 is 5.11 Å². The monoisotopic (exact) mass is 136 g/mol. The van der Waals surface area contributed by atoms with Crippen LogP contribution in [-0.4, -0.2) is 5.11 Å². The summed E-state index contributed by atoms with van der Waals surface area (Å²) in [5.41, 5.74) is 2.10. The highest BCUT2D eigenvalue weighted by Gasteiger charge is 2.13. The van der Waals surface area contributed by atoms with Crippen molar-refractivity contribution in [3.8, 4) is 0 Å². The summed E-state index contributed by atoms with van der Waals surface area (Å²) in [6, 6.07) is 0. The van der Waals surface area contributed by atoms with E-state index in [1.54, 1.807) is 0 Å². The second-order valence-electron chi connectivity index (χ2n) is 2.69. The van der Waals surface area contributed by atoms with Gasteiger partial charge in [0.25, 0.3) is 0 Å². The van der Waals surface area contributed by atoms with Crippen molar-refractivity contribution >= 4 is 0 Å². The van der Waals surface area contributed by atoms with Crippen molar-refractivity contribution in [3.63, 3.8) is 0 Å². The number of allylic oxidation sites excluding steroid dienone is 3. The van der Waals surface area contributed by atoms with Gasteiger partial charge in [0.2, 0.25) is 0 Å². The second kappa shape index (κ2) is 2.33. The number of rotatable bonds is 1. The Kier molecular flexibility index (Phi) is 1.66. The van der Waals surface area contributed by atoms with E-state index in [9.17, 15) is 0 Å². The van der Waals surface area contributed by atoms with Crippen molar-refractivity contribution in [2.75, 3.05) is 0 Å². The summed E-state index contributed by atoms with van der Waals surface area (Å²) >= 11 is 0. The highest BCUT2D eigenvalue weighted by Crippen LogP contribution is 2.27. The molecule has 1 atom stereocenters. The van der Waals surface area contributed by atoms with Crippen molar-refractivity contribution in [2.45, 2.75) is 13.8 Å². The minimum absolute atomic E-state index is 0.179. The Balaban J connectivity index is 2.96. The number of aliphatic hydroxyl groups excluding tert-OH is 1. The molecule has 0 unspecified atom stereocenters. The van der Waals surface area contributed by atoms with Gasteiger partial charge in [-0.3, -0.25) is 0 Å². The van der Waals surface area contributed by atoms with Crippen LogP contribution < -0.4 is 0 Å². The first kappa shape index (κ1) is 7.13. The highest BCUT2D eigenvalue weighted by atomic mass is 16.3. The fraction of sp³-hybridized carbons (Fsp3) is 0.333. The van der Waals surface area contributed by atoms with E-state index in [2.05, 4.69) is 19.6 Å². The first-order chi connectivity index (χ1) is 4.63. The summed E-state index contributed by atoms with van der Waals surface area (Å²) in [5.74, 6) is 0.636. The fourth-order valence-corrected chi connectivity index (χ4v) is 1.09. The van der Waals surface area contributed by atoms with Crippen molar-refractivity contribution in [2.24, 2.45) is 5.92 Å². The Morgan fingerprint density at radius 2 is 2.30 bits per heavy atom. The molecule has 0 saturated heterocycles. The SMILES string of the molecule is C=C(O)C1=C(C)[C@H](C)C=C1. The predicted octanol–water partition coefficient (Wildman–Crippen LogP) is 2.58. The lowest BCUT2D eigenvalue weighted by atomic mass is 10.0. The maximum Gasteiger partial charge on any atom is 0.115 e. The van der Waals surface area contributed by atoms with Crippen LogP contribution in [0.4, 0.5) is 0 Å². The largest absolute Gasteiger partial charge is 0.508 e. The van der Waals surface area contributed by atoms with E-state index in [1.807, 2.05) is 13.0 Å². The predicted molar refractivity (Wildman–Crippen MR) is 42.8 cm³/mol.